The molecule has 19 heavy (non-hydrogen) atoms. The molecular formula is C12H8BrCl3N2S. The second kappa shape index (κ2) is 6.46. The van der Waals surface area contributed by atoms with Gasteiger partial charge in [0.1, 0.15) is 0 Å². The summed E-state index contributed by atoms with van der Waals surface area (Å²) in [5, 5.41) is 5.63. The smallest absolute Gasteiger partial charge is 0.0935 e. The van der Waals surface area contributed by atoms with Gasteiger partial charge in [0.05, 0.1) is 30.1 Å². The molecule has 0 fully saturated rings. The van der Waals surface area contributed by atoms with E-state index < -0.39 is 0 Å². The molecule has 0 aliphatic heterocycles. The molecule has 0 spiro atoms. The zero-order chi connectivity index (χ0) is 14.0. The lowest BCUT2D eigenvalue weighted by Crippen LogP contribution is -1.98. The van der Waals surface area contributed by atoms with E-state index in [2.05, 4.69) is 26.5 Å². The second-order valence-electron chi connectivity index (χ2n) is 3.66. The molecule has 0 aliphatic rings. The van der Waals surface area contributed by atoms with E-state index in [1.54, 1.807) is 23.5 Å². The summed E-state index contributed by atoms with van der Waals surface area (Å²) in [6.45, 7) is 1.91. The van der Waals surface area contributed by atoms with Crippen LogP contribution in [0.3, 0.4) is 0 Å². The third kappa shape index (κ3) is 3.86. The minimum Gasteiger partial charge on any atom is -0.275 e. The number of rotatable bonds is 3. The number of benzene rings is 1. The maximum Gasteiger partial charge on any atom is 0.0935 e. The average molecular weight is 399 g/mol. The number of anilines is 1. The highest BCUT2D eigenvalue weighted by Crippen LogP contribution is 2.33. The first kappa shape index (κ1) is 15.1. The van der Waals surface area contributed by atoms with Gasteiger partial charge in [0, 0.05) is 5.02 Å². The molecule has 1 aromatic carbocycles. The number of halogens is 4. The van der Waals surface area contributed by atoms with Gasteiger partial charge in [-0.1, -0.05) is 34.8 Å². The maximum atomic E-state index is 6.06. The number of hydrogen-bond donors (Lipinski definition) is 1. The van der Waals surface area contributed by atoms with E-state index in [9.17, 15) is 0 Å². The van der Waals surface area contributed by atoms with E-state index in [1.165, 1.54) is 0 Å². The fourth-order valence-electron chi connectivity index (χ4n) is 1.35. The standard InChI is InChI=1S/C12H8BrCl3N2S/c1-6(10-2-3-11(13)19-10)17-18-12-8(15)4-7(14)5-9(12)16/h2-5,18H,1H3/b17-6-. The first-order valence-electron chi connectivity index (χ1n) is 5.18. The fraction of sp³-hybridized carbons (Fsp3) is 0.0833. The molecule has 100 valence electrons. The van der Waals surface area contributed by atoms with Gasteiger partial charge in [0.15, 0.2) is 0 Å². The number of nitrogens with zero attached hydrogens (tertiary/aromatic N) is 1. The minimum atomic E-state index is 0.432. The molecule has 0 atom stereocenters. The molecule has 0 saturated carbocycles. The van der Waals surface area contributed by atoms with Gasteiger partial charge in [-0.25, -0.2) is 0 Å². The SMILES string of the molecule is C/C(=N/Nc1c(Cl)cc(Cl)cc1Cl)c1ccc(Br)s1. The van der Waals surface area contributed by atoms with Crippen molar-refractivity contribution >= 4 is 73.5 Å². The van der Waals surface area contributed by atoms with E-state index in [0.29, 0.717) is 20.8 Å². The Balaban J connectivity index is 2.23. The van der Waals surface area contributed by atoms with Gasteiger partial charge < -0.3 is 0 Å². The Bertz CT molecular complexity index is 617. The van der Waals surface area contributed by atoms with Crippen LogP contribution in [0.25, 0.3) is 0 Å². The summed E-state index contributed by atoms with van der Waals surface area (Å²) in [6.07, 6.45) is 0. The van der Waals surface area contributed by atoms with E-state index >= 15 is 0 Å². The van der Waals surface area contributed by atoms with Crippen LogP contribution in [0.4, 0.5) is 5.69 Å². The number of hydrogen-bond acceptors (Lipinski definition) is 3. The Morgan fingerprint density at radius 2 is 1.84 bits per heavy atom. The first-order valence-corrected chi connectivity index (χ1v) is 7.92. The molecular weight excluding hydrogens is 390 g/mol. The predicted molar refractivity (Wildman–Crippen MR) is 89.3 cm³/mol. The van der Waals surface area contributed by atoms with Crippen molar-refractivity contribution in [1.82, 2.24) is 0 Å². The van der Waals surface area contributed by atoms with E-state index in [-0.39, 0.29) is 0 Å². The monoisotopic (exact) mass is 396 g/mol. The highest BCUT2D eigenvalue weighted by Gasteiger charge is 2.08. The topological polar surface area (TPSA) is 24.4 Å². The molecule has 0 radical (unpaired) electrons. The van der Waals surface area contributed by atoms with Gasteiger partial charge in [0.2, 0.25) is 0 Å². The van der Waals surface area contributed by atoms with Crippen LogP contribution in [-0.2, 0) is 0 Å². The summed E-state index contributed by atoms with van der Waals surface area (Å²) in [5.74, 6) is 0. The van der Waals surface area contributed by atoms with Crippen molar-refractivity contribution in [2.45, 2.75) is 6.92 Å². The van der Waals surface area contributed by atoms with Crippen molar-refractivity contribution in [3.8, 4) is 0 Å². The lowest BCUT2D eigenvalue weighted by atomic mass is 10.3. The normalized spacial score (nSPS) is 11.7. The largest absolute Gasteiger partial charge is 0.275 e. The average Bonchev–Trinajstić information content (AvgIpc) is 2.74. The summed E-state index contributed by atoms with van der Waals surface area (Å²) in [5.41, 5.74) is 4.26. The van der Waals surface area contributed by atoms with Crippen LogP contribution in [0.5, 0.6) is 0 Å². The molecule has 2 nitrogen and oxygen atoms in total. The number of thiophene rings is 1. The van der Waals surface area contributed by atoms with Crippen LogP contribution in [0.2, 0.25) is 15.1 Å². The quantitative estimate of drug-likeness (QED) is 0.476. The van der Waals surface area contributed by atoms with Gasteiger partial charge in [-0.3, -0.25) is 5.43 Å². The van der Waals surface area contributed by atoms with Crippen LogP contribution in [0.1, 0.15) is 11.8 Å². The van der Waals surface area contributed by atoms with E-state index in [1.807, 2.05) is 19.1 Å². The summed E-state index contributed by atoms with van der Waals surface area (Å²) in [6, 6.07) is 7.19. The summed E-state index contributed by atoms with van der Waals surface area (Å²) < 4.78 is 1.06. The number of hydrazone groups is 1. The predicted octanol–water partition coefficient (Wildman–Crippen LogP) is 6.31. The van der Waals surface area contributed by atoms with Gasteiger partial charge in [0.25, 0.3) is 0 Å². The van der Waals surface area contributed by atoms with Gasteiger partial charge in [-0.2, -0.15) is 5.10 Å². The summed E-state index contributed by atoms with van der Waals surface area (Å²) in [7, 11) is 0. The molecule has 0 unspecified atom stereocenters. The molecule has 1 aromatic heterocycles. The molecule has 0 saturated heterocycles. The van der Waals surface area contributed by atoms with E-state index in [4.69, 9.17) is 34.8 Å². The zero-order valence-electron chi connectivity index (χ0n) is 9.68. The van der Waals surface area contributed by atoms with Gasteiger partial charge >= 0.3 is 0 Å². The molecule has 0 aliphatic carbocycles. The third-order valence-electron chi connectivity index (χ3n) is 2.27. The summed E-state index contributed by atoms with van der Waals surface area (Å²) >= 11 is 23.0. The highest BCUT2D eigenvalue weighted by molar-refractivity contribution is 9.11. The maximum absolute atomic E-state index is 6.06. The fourth-order valence-corrected chi connectivity index (χ4v) is 3.59. The molecule has 0 bridgehead atoms. The zero-order valence-corrected chi connectivity index (χ0v) is 14.3. The van der Waals surface area contributed by atoms with Crippen molar-refractivity contribution in [3.05, 3.63) is 48.0 Å². The van der Waals surface area contributed by atoms with Crippen LogP contribution in [0.15, 0.2) is 33.2 Å². The van der Waals surface area contributed by atoms with Crippen LogP contribution >= 0.6 is 62.1 Å². The molecule has 7 heteroatoms. The van der Waals surface area contributed by atoms with E-state index in [0.717, 1.165) is 14.4 Å². The van der Waals surface area contributed by atoms with Gasteiger partial charge in [-0.05, 0) is 47.1 Å². The van der Waals surface area contributed by atoms with Crippen molar-refractivity contribution in [1.29, 1.82) is 0 Å². The van der Waals surface area contributed by atoms with Crippen molar-refractivity contribution in [2.24, 2.45) is 5.10 Å². The van der Waals surface area contributed by atoms with Gasteiger partial charge in [-0.15, -0.1) is 11.3 Å². The lowest BCUT2D eigenvalue weighted by molar-refractivity contribution is 1.33. The molecule has 1 heterocycles. The molecule has 2 aromatic rings. The Kier molecular flexibility index (Phi) is 5.15. The molecule has 1 N–H and O–H groups in total. The van der Waals surface area contributed by atoms with Crippen molar-refractivity contribution < 1.29 is 0 Å². The Morgan fingerprint density at radius 3 is 2.37 bits per heavy atom. The van der Waals surface area contributed by atoms with Crippen LogP contribution < -0.4 is 5.43 Å². The first-order chi connectivity index (χ1) is 8.97. The Labute approximate surface area is 138 Å². The molecule has 2 rings (SSSR count). The summed E-state index contributed by atoms with van der Waals surface area (Å²) in [4.78, 5) is 1.06. The Morgan fingerprint density at radius 1 is 1.21 bits per heavy atom. The van der Waals surface area contributed by atoms with Crippen LogP contribution in [0, 0.1) is 0 Å². The highest BCUT2D eigenvalue weighted by atomic mass is 79.9. The third-order valence-corrected chi connectivity index (χ3v) is 4.82. The lowest BCUT2D eigenvalue weighted by Gasteiger charge is -2.07. The number of nitrogens with one attached hydrogen (secondary N) is 1. The van der Waals surface area contributed by atoms with Crippen molar-refractivity contribution in [3.63, 3.8) is 0 Å². The van der Waals surface area contributed by atoms with Crippen molar-refractivity contribution in [2.75, 3.05) is 5.43 Å². The van der Waals surface area contributed by atoms with Crippen LogP contribution in [-0.4, -0.2) is 5.71 Å². The molecule has 0 amide bonds. The minimum absolute atomic E-state index is 0.432. The Hall–Kier alpha value is -0.260. The second-order valence-corrected chi connectivity index (χ2v) is 7.37.